The van der Waals surface area contributed by atoms with Crippen LogP contribution in [0.1, 0.15) is 16.8 Å². The van der Waals surface area contributed by atoms with Gasteiger partial charge in [-0.1, -0.05) is 48.6 Å². The Morgan fingerprint density at radius 3 is 2.68 bits per heavy atom. The fourth-order valence-corrected chi connectivity index (χ4v) is 1.77. The summed E-state index contributed by atoms with van der Waals surface area (Å²) in [7, 11) is 1.46. The smallest absolute Gasteiger partial charge is 0.188 e. The molecular formula is C16H16O3. The lowest BCUT2D eigenvalue weighted by atomic mass is 10.0. The normalized spacial score (nSPS) is 22.5. The predicted octanol–water partition coefficient (Wildman–Crippen LogP) is 2.65. The van der Waals surface area contributed by atoms with Crippen LogP contribution in [0, 0.1) is 0 Å². The first kappa shape index (κ1) is 13.5. The molecule has 19 heavy (non-hydrogen) atoms. The molecule has 0 heterocycles. The zero-order valence-electron chi connectivity index (χ0n) is 10.7. The summed E-state index contributed by atoms with van der Waals surface area (Å²) >= 11 is 0. The topological polar surface area (TPSA) is 46.5 Å². The maximum Gasteiger partial charge on any atom is 0.188 e. The third-order valence-electron chi connectivity index (χ3n) is 3.01. The van der Waals surface area contributed by atoms with Gasteiger partial charge in [0.1, 0.15) is 0 Å². The molecule has 3 nitrogen and oxygen atoms in total. The Labute approximate surface area is 112 Å². The van der Waals surface area contributed by atoms with Gasteiger partial charge in [0.15, 0.2) is 11.6 Å². The van der Waals surface area contributed by atoms with Gasteiger partial charge in [-0.2, -0.15) is 0 Å². The van der Waals surface area contributed by atoms with Crippen LogP contribution in [0.5, 0.6) is 0 Å². The Morgan fingerprint density at radius 2 is 2.11 bits per heavy atom. The molecule has 0 saturated carbocycles. The van der Waals surface area contributed by atoms with Gasteiger partial charge in [0.2, 0.25) is 0 Å². The van der Waals surface area contributed by atoms with E-state index in [-0.39, 0.29) is 5.78 Å². The van der Waals surface area contributed by atoms with Gasteiger partial charge in [0.25, 0.3) is 0 Å². The van der Waals surface area contributed by atoms with Gasteiger partial charge >= 0.3 is 0 Å². The van der Waals surface area contributed by atoms with Crippen molar-refractivity contribution in [2.75, 3.05) is 7.11 Å². The number of allylic oxidation sites excluding steroid dienone is 4. The lowest BCUT2D eigenvalue weighted by Crippen LogP contribution is -2.28. The summed E-state index contributed by atoms with van der Waals surface area (Å²) in [5.41, 5.74) is 1.54. The molecule has 1 aromatic carbocycles. The van der Waals surface area contributed by atoms with Crippen molar-refractivity contribution >= 4 is 5.78 Å². The summed E-state index contributed by atoms with van der Waals surface area (Å²) < 4.78 is 4.96. The van der Waals surface area contributed by atoms with Crippen molar-refractivity contribution in [1.29, 1.82) is 0 Å². The average molecular weight is 256 g/mol. The molecule has 0 spiro atoms. The van der Waals surface area contributed by atoms with Gasteiger partial charge in [0, 0.05) is 19.1 Å². The molecule has 1 aliphatic rings. The number of aliphatic hydroxyl groups is 1. The number of hydrogen-bond donors (Lipinski definition) is 1. The molecule has 1 unspecified atom stereocenters. The van der Waals surface area contributed by atoms with Crippen LogP contribution in [0.3, 0.4) is 0 Å². The first-order valence-corrected chi connectivity index (χ1v) is 6.07. The molecule has 0 saturated heterocycles. The molecule has 1 aromatic rings. The highest BCUT2D eigenvalue weighted by Gasteiger charge is 2.23. The number of rotatable bonds is 4. The number of carbonyl (C=O) groups is 1. The molecule has 1 aliphatic carbocycles. The number of ketones is 1. The average Bonchev–Trinajstić information content (AvgIpc) is 2.47. The van der Waals surface area contributed by atoms with E-state index in [1.807, 2.05) is 24.3 Å². The highest BCUT2D eigenvalue weighted by molar-refractivity contribution is 6.04. The monoisotopic (exact) mass is 256 g/mol. The van der Waals surface area contributed by atoms with E-state index in [1.165, 1.54) is 13.2 Å². The Balaban J connectivity index is 2.02. The van der Waals surface area contributed by atoms with E-state index >= 15 is 0 Å². The molecular weight excluding hydrogens is 240 g/mol. The second-order valence-electron chi connectivity index (χ2n) is 4.35. The molecule has 98 valence electrons. The third kappa shape index (κ3) is 3.50. The Kier molecular flexibility index (Phi) is 4.10. The standard InChI is InChI=1S/C16H16O3/c1-19-16(18)11-9-13(10-12-16)7-8-15(17)14-5-3-2-4-6-14/h2-11,18H,12H2,1H3. The molecule has 0 bridgehead atoms. The zero-order chi connectivity index (χ0) is 13.7. The highest BCUT2D eigenvalue weighted by atomic mass is 16.6. The largest absolute Gasteiger partial charge is 0.362 e. The Hall–Kier alpha value is -1.97. The van der Waals surface area contributed by atoms with Crippen LogP contribution in [-0.4, -0.2) is 23.8 Å². The molecule has 0 amide bonds. The van der Waals surface area contributed by atoms with Crippen molar-refractivity contribution in [2.45, 2.75) is 12.2 Å². The lowest BCUT2D eigenvalue weighted by Gasteiger charge is -2.23. The van der Waals surface area contributed by atoms with Crippen molar-refractivity contribution in [1.82, 2.24) is 0 Å². The molecule has 1 N–H and O–H groups in total. The third-order valence-corrected chi connectivity index (χ3v) is 3.01. The van der Waals surface area contributed by atoms with Crippen molar-refractivity contribution < 1.29 is 14.6 Å². The summed E-state index contributed by atoms with van der Waals surface area (Å²) in [5.74, 6) is -1.26. The predicted molar refractivity (Wildman–Crippen MR) is 73.7 cm³/mol. The summed E-state index contributed by atoms with van der Waals surface area (Å²) in [6.07, 6.45) is 8.79. The second kappa shape index (κ2) is 5.78. The minimum Gasteiger partial charge on any atom is -0.362 e. The van der Waals surface area contributed by atoms with E-state index in [2.05, 4.69) is 0 Å². The van der Waals surface area contributed by atoms with Crippen molar-refractivity contribution in [3.63, 3.8) is 0 Å². The molecule has 0 fully saturated rings. The number of methoxy groups -OCH3 is 1. The van der Waals surface area contributed by atoms with Crippen LogP contribution in [-0.2, 0) is 4.74 Å². The van der Waals surface area contributed by atoms with Gasteiger partial charge in [-0.3, -0.25) is 4.79 Å². The Morgan fingerprint density at radius 1 is 1.37 bits per heavy atom. The quantitative estimate of drug-likeness (QED) is 0.512. The van der Waals surface area contributed by atoms with Crippen LogP contribution in [0.2, 0.25) is 0 Å². The summed E-state index contributed by atoms with van der Waals surface area (Å²) in [6, 6.07) is 9.10. The molecule has 0 aliphatic heterocycles. The fourth-order valence-electron chi connectivity index (χ4n) is 1.77. The van der Waals surface area contributed by atoms with Crippen LogP contribution < -0.4 is 0 Å². The molecule has 3 heteroatoms. The van der Waals surface area contributed by atoms with Gasteiger partial charge in [-0.25, -0.2) is 0 Å². The lowest BCUT2D eigenvalue weighted by molar-refractivity contribution is -0.143. The SMILES string of the molecule is COC1(O)C=CC(C=CC(=O)c2ccccc2)=CC1. The number of ether oxygens (including phenoxy) is 1. The van der Waals surface area contributed by atoms with Crippen LogP contribution in [0.25, 0.3) is 0 Å². The van der Waals surface area contributed by atoms with Crippen molar-refractivity contribution in [2.24, 2.45) is 0 Å². The second-order valence-corrected chi connectivity index (χ2v) is 4.35. The summed E-state index contributed by atoms with van der Waals surface area (Å²) in [4.78, 5) is 11.9. The van der Waals surface area contributed by atoms with Gasteiger partial charge in [-0.05, 0) is 17.7 Å². The van der Waals surface area contributed by atoms with Crippen molar-refractivity contribution in [3.8, 4) is 0 Å². The van der Waals surface area contributed by atoms with E-state index < -0.39 is 5.79 Å². The molecule has 0 radical (unpaired) electrons. The van der Waals surface area contributed by atoms with E-state index in [0.29, 0.717) is 12.0 Å². The highest BCUT2D eigenvalue weighted by Crippen LogP contribution is 2.22. The van der Waals surface area contributed by atoms with E-state index in [1.54, 1.807) is 30.4 Å². The van der Waals surface area contributed by atoms with Crippen LogP contribution in [0.4, 0.5) is 0 Å². The maximum atomic E-state index is 11.9. The number of benzene rings is 1. The minimum absolute atomic E-state index is 0.0394. The van der Waals surface area contributed by atoms with Crippen LogP contribution in [0.15, 0.2) is 66.3 Å². The van der Waals surface area contributed by atoms with Gasteiger partial charge < -0.3 is 9.84 Å². The van der Waals surface area contributed by atoms with E-state index in [4.69, 9.17) is 4.74 Å². The zero-order valence-corrected chi connectivity index (χ0v) is 10.7. The Bertz CT molecular complexity index is 540. The fraction of sp³-hybridized carbons (Fsp3) is 0.188. The molecule has 2 rings (SSSR count). The van der Waals surface area contributed by atoms with Crippen LogP contribution >= 0.6 is 0 Å². The first-order chi connectivity index (χ1) is 9.13. The van der Waals surface area contributed by atoms with E-state index in [0.717, 1.165) is 5.57 Å². The van der Waals surface area contributed by atoms with Gasteiger partial charge in [-0.15, -0.1) is 0 Å². The van der Waals surface area contributed by atoms with Crippen molar-refractivity contribution in [3.05, 3.63) is 71.8 Å². The first-order valence-electron chi connectivity index (χ1n) is 6.07. The summed E-state index contributed by atoms with van der Waals surface area (Å²) in [5, 5.41) is 9.81. The molecule has 1 atom stereocenters. The number of hydrogen-bond acceptors (Lipinski definition) is 3. The molecule has 0 aromatic heterocycles. The minimum atomic E-state index is -1.22. The van der Waals surface area contributed by atoms with E-state index in [9.17, 15) is 9.90 Å². The maximum absolute atomic E-state index is 11.9. The number of carbonyl (C=O) groups excluding carboxylic acids is 1. The van der Waals surface area contributed by atoms with Gasteiger partial charge in [0.05, 0.1) is 0 Å². The summed E-state index contributed by atoms with van der Waals surface area (Å²) in [6.45, 7) is 0.